The van der Waals surface area contributed by atoms with Crippen LogP contribution in [0.2, 0.25) is 0 Å². The summed E-state index contributed by atoms with van der Waals surface area (Å²) in [7, 11) is 1.60. The molecular weight excluding hydrogens is 274 g/mol. The quantitative estimate of drug-likeness (QED) is 0.602. The number of hydrogen-bond donors (Lipinski definition) is 0. The predicted octanol–water partition coefficient (Wildman–Crippen LogP) is 4.09. The highest BCUT2D eigenvalue weighted by atomic mass is 19.3. The fourth-order valence-corrected chi connectivity index (χ4v) is 1.62. The van der Waals surface area contributed by atoms with E-state index in [1.54, 1.807) is 25.5 Å². The molecule has 2 rings (SSSR count). The SMILES string of the molecule is COc1ccc(C=NN=Cc2ccc(C(F)F)cc2)cc1. The van der Waals surface area contributed by atoms with Crippen molar-refractivity contribution in [3.05, 3.63) is 65.2 Å². The van der Waals surface area contributed by atoms with Crippen LogP contribution in [0.25, 0.3) is 0 Å². The Kier molecular flexibility index (Phi) is 5.15. The number of rotatable bonds is 5. The molecule has 0 saturated carbocycles. The van der Waals surface area contributed by atoms with Crippen molar-refractivity contribution in [2.75, 3.05) is 7.11 Å². The Balaban J connectivity index is 1.96. The Morgan fingerprint density at radius 2 is 1.33 bits per heavy atom. The number of methoxy groups -OCH3 is 1. The van der Waals surface area contributed by atoms with Crippen molar-refractivity contribution in [2.45, 2.75) is 6.43 Å². The third-order valence-corrected chi connectivity index (χ3v) is 2.78. The van der Waals surface area contributed by atoms with E-state index in [1.807, 2.05) is 24.3 Å². The van der Waals surface area contributed by atoms with Gasteiger partial charge in [-0.25, -0.2) is 8.78 Å². The van der Waals surface area contributed by atoms with Crippen LogP contribution in [0.15, 0.2) is 58.7 Å². The lowest BCUT2D eigenvalue weighted by Crippen LogP contribution is -1.86. The molecule has 0 fully saturated rings. The topological polar surface area (TPSA) is 34.0 Å². The Bertz CT molecular complexity index is 620. The van der Waals surface area contributed by atoms with Crippen LogP contribution < -0.4 is 4.74 Å². The van der Waals surface area contributed by atoms with Gasteiger partial charge in [0.1, 0.15) is 5.75 Å². The molecule has 0 amide bonds. The summed E-state index contributed by atoms with van der Waals surface area (Å²) in [6.07, 6.45) is 0.655. The van der Waals surface area contributed by atoms with E-state index < -0.39 is 6.43 Å². The van der Waals surface area contributed by atoms with Gasteiger partial charge in [-0.15, -0.1) is 0 Å². The average molecular weight is 288 g/mol. The Morgan fingerprint density at radius 3 is 1.76 bits per heavy atom. The lowest BCUT2D eigenvalue weighted by molar-refractivity contribution is 0.151. The molecular formula is C16H14F2N2O. The third kappa shape index (κ3) is 4.49. The van der Waals surface area contributed by atoms with Crippen LogP contribution >= 0.6 is 0 Å². The van der Waals surface area contributed by atoms with Gasteiger partial charge in [-0.05, 0) is 35.4 Å². The molecule has 0 radical (unpaired) electrons. The fraction of sp³-hybridized carbons (Fsp3) is 0.125. The first-order chi connectivity index (χ1) is 10.2. The Labute approximate surface area is 121 Å². The van der Waals surface area contributed by atoms with Gasteiger partial charge < -0.3 is 4.74 Å². The summed E-state index contributed by atoms with van der Waals surface area (Å²) < 4.78 is 29.8. The molecule has 0 aromatic heterocycles. The fourth-order valence-electron chi connectivity index (χ4n) is 1.62. The van der Waals surface area contributed by atoms with Crippen LogP contribution in [-0.4, -0.2) is 19.5 Å². The predicted molar refractivity (Wildman–Crippen MR) is 79.6 cm³/mol. The Hall–Kier alpha value is -2.56. The lowest BCUT2D eigenvalue weighted by Gasteiger charge is -1.98. The molecule has 108 valence electrons. The van der Waals surface area contributed by atoms with Crippen molar-refractivity contribution >= 4 is 12.4 Å². The molecule has 0 aliphatic heterocycles. The lowest BCUT2D eigenvalue weighted by atomic mass is 10.1. The van der Waals surface area contributed by atoms with E-state index in [1.165, 1.54) is 18.3 Å². The molecule has 0 atom stereocenters. The largest absolute Gasteiger partial charge is 0.497 e. The zero-order chi connectivity index (χ0) is 15.1. The van der Waals surface area contributed by atoms with E-state index in [2.05, 4.69) is 10.2 Å². The van der Waals surface area contributed by atoms with Crippen LogP contribution in [0.5, 0.6) is 5.75 Å². The van der Waals surface area contributed by atoms with E-state index in [-0.39, 0.29) is 5.56 Å². The standard InChI is InChI=1S/C16H14F2N2O/c1-21-15-8-4-13(5-9-15)11-20-19-10-12-2-6-14(7-3-12)16(17)18/h2-11,16H,1H3. The molecule has 0 bridgehead atoms. The molecule has 0 spiro atoms. The minimum atomic E-state index is -2.45. The highest BCUT2D eigenvalue weighted by molar-refractivity contribution is 5.82. The molecule has 0 aliphatic carbocycles. The molecule has 2 aromatic carbocycles. The van der Waals surface area contributed by atoms with Gasteiger partial charge in [-0.1, -0.05) is 24.3 Å². The van der Waals surface area contributed by atoms with Gasteiger partial charge >= 0.3 is 0 Å². The summed E-state index contributed by atoms with van der Waals surface area (Å²) in [6, 6.07) is 13.3. The number of nitrogens with zero attached hydrogens (tertiary/aromatic N) is 2. The van der Waals surface area contributed by atoms with Gasteiger partial charge in [0.05, 0.1) is 19.5 Å². The maximum Gasteiger partial charge on any atom is 0.263 e. The highest BCUT2D eigenvalue weighted by Crippen LogP contribution is 2.18. The minimum absolute atomic E-state index is 0.00566. The first kappa shape index (κ1) is 14.8. The Morgan fingerprint density at radius 1 is 0.857 bits per heavy atom. The summed E-state index contributed by atoms with van der Waals surface area (Å²) >= 11 is 0. The molecule has 3 nitrogen and oxygen atoms in total. The van der Waals surface area contributed by atoms with Crippen LogP contribution in [0.3, 0.4) is 0 Å². The van der Waals surface area contributed by atoms with Crippen LogP contribution in [-0.2, 0) is 0 Å². The van der Waals surface area contributed by atoms with Crippen molar-refractivity contribution in [3.63, 3.8) is 0 Å². The number of hydrogen-bond acceptors (Lipinski definition) is 3. The van der Waals surface area contributed by atoms with Gasteiger partial charge in [-0.3, -0.25) is 0 Å². The molecule has 0 aliphatic rings. The van der Waals surface area contributed by atoms with Gasteiger partial charge in [-0.2, -0.15) is 10.2 Å². The molecule has 0 unspecified atom stereocenters. The van der Waals surface area contributed by atoms with E-state index in [4.69, 9.17) is 4.74 Å². The number of ether oxygens (including phenoxy) is 1. The highest BCUT2D eigenvalue weighted by Gasteiger charge is 2.04. The molecule has 0 N–H and O–H groups in total. The van der Waals surface area contributed by atoms with Crippen molar-refractivity contribution in [1.82, 2.24) is 0 Å². The van der Waals surface area contributed by atoms with Crippen molar-refractivity contribution < 1.29 is 13.5 Å². The van der Waals surface area contributed by atoms with Gasteiger partial charge in [0, 0.05) is 5.56 Å². The van der Waals surface area contributed by atoms with Gasteiger partial charge in [0.25, 0.3) is 6.43 Å². The smallest absolute Gasteiger partial charge is 0.263 e. The summed E-state index contributed by atoms with van der Waals surface area (Å²) in [4.78, 5) is 0. The van der Waals surface area contributed by atoms with Crippen molar-refractivity contribution in [1.29, 1.82) is 0 Å². The molecule has 21 heavy (non-hydrogen) atoms. The normalized spacial score (nSPS) is 11.6. The van der Waals surface area contributed by atoms with E-state index in [9.17, 15) is 8.78 Å². The molecule has 5 heteroatoms. The maximum atomic E-state index is 12.4. The number of halogens is 2. The van der Waals surface area contributed by atoms with Crippen molar-refractivity contribution in [3.8, 4) is 5.75 Å². The molecule has 2 aromatic rings. The zero-order valence-corrected chi connectivity index (χ0v) is 11.4. The molecule has 0 saturated heterocycles. The van der Waals surface area contributed by atoms with Crippen LogP contribution in [0.4, 0.5) is 8.78 Å². The summed E-state index contributed by atoms with van der Waals surface area (Å²) in [5.41, 5.74) is 1.60. The summed E-state index contributed by atoms with van der Waals surface area (Å²) in [5, 5.41) is 7.79. The zero-order valence-electron chi connectivity index (χ0n) is 11.4. The average Bonchev–Trinajstić information content (AvgIpc) is 2.52. The second-order valence-electron chi connectivity index (χ2n) is 4.23. The van der Waals surface area contributed by atoms with E-state index in [0.29, 0.717) is 5.56 Å². The summed E-state index contributed by atoms with van der Waals surface area (Å²) in [5.74, 6) is 0.773. The first-order valence-corrected chi connectivity index (χ1v) is 6.27. The van der Waals surface area contributed by atoms with Crippen LogP contribution in [0.1, 0.15) is 23.1 Å². The minimum Gasteiger partial charge on any atom is -0.497 e. The summed E-state index contributed by atoms with van der Waals surface area (Å²) in [6.45, 7) is 0. The monoisotopic (exact) mass is 288 g/mol. The van der Waals surface area contributed by atoms with Crippen LogP contribution in [0, 0.1) is 0 Å². The van der Waals surface area contributed by atoms with E-state index >= 15 is 0 Å². The maximum absolute atomic E-state index is 12.4. The second kappa shape index (κ2) is 7.28. The van der Waals surface area contributed by atoms with E-state index in [0.717, 1.165) is 11.3 Å². The molecule has 0 heterocycles. The number of alkyl halides is 2. The number of benzene rings is 2. The van der Waals surface area contributed by atoms with Crippen molar-refractivity contribution in [2.24, 2.45) is 10.2 Å². The van der Waals surface area contributed by atoms with Gasteiger partial charge in [0.2, 0.25) is 0 Å². The van der Waals surface area contributed by atoms with Gasteiger partial charge in [0.15, 0.2) is 0 Å². The third-order valence-electron chi connectivity index (χ3n) is 2.78. The second-order valence-corrected chi connectivity index (χ2v) is 4.23. The first-order valence-electron chi connectivity index (χ1n) is 6.27.